The molecular weight excluding hydrogens is 356 g/mol. The summed E-state index contributed by atoms with van der Waals surface area (Å²) in [7, 11) is 0. The number of non-ortho nitro benzene ring substituents is 1. The van der Waals surface area contributed by atoms with Gasteiger partial charge in [-0.3, -0.25) is 10.1 Å². The van der Waals surface area contributed by atoms with Gasteiger partial charge in [0.15, 0.2) is 0 Å². The van der Waals surface area contributed by atoms with E-state index in [0.717, 1.165) is 46.1 Å². The SMILES string of the molecule is O=[N+]([O-])c1cccc(-c2nc(C3CCOCC3)sc2Br)c1. The predicted molar refractivity (Wildman–Crippen MR) is 84.7 cm³/mol. The molecule has 2 aromatic rings. The summed E-state index contributed by atoms with van der Waals surface area (Å²) in [5.74, 6) is 0.424. The number of hydrogen-bond donors (Lipinski definition) is 0. The smallest absolute Gasteiger partial charge is 0.270 e. The molecule has 110 valence electrons. The molecule has 0 N–H and O–H groups in total. The minimum atomic E-state index is -0.386. The highest BCUT2D eigenvalue weighted by atomic mass is 79.9. The van der Waals surface area contributed by atoms with Gasteiger partial charge in [-0.25, -0.2) is 4.98 Å². The highest BCUT2D eigenvalue weighted by Crippen LogP contribution is 2.39. The molecule has 0 unspecified atom stereocenters. The summed E-state index contributed by atoms with van der Waals surface area (Å²) in [6, 6.07) is 6.59. The van der Waals surface area contributed by atoms with Gasteiger partial charge >= 0.3 is 0 Å². The van der Waals surface area contributed by atoms with Crippen molar-refractivity contribution in [1.29, 1.82) is 0 Å². The van der Waals surface area contributed by atoms with Crippen LogP contribution in [0.15, 0.2) is 28.1 Å². The zero-order valence-corrected chi connectivity index (χ0v) is 13.5. The van der Waals surface area contributed by atoms with Crippen LogP contribution in [0.3, 0.4) is 0 Å². The fourth-order valence-electron chi connectivity index (χ4n) is 2.38. The van der Waals surface area contributed by atoms with Crippen molar-refractivity contribution in [3.63, 3.8) is 0 Å². The molecule has 1 fully saturated rings. The van der Waals surface area contributed by atoms with E-state index in [1.807, 2.05) is 6.07 Å². The standard InChI is InChI=1S/C14H13BrN2O3S/c15-13-12(10-2-1-3-11(8-10)17(18)19)16-14(21-13)9-4-6-20-7-5-9/h1-3,8-9H,4-7H2. The van der Waals surface area contributed by atoms with Crippen molar-refractivity contribution in [3.8, 4) is 11.3 Å². The third kappa shape index (κ3) is 3.14. The van der Waals surface area contributed by atoms with Crippen LogP contribution in [0.25, 0.3) is 11.3 Å². The largest absolute Gasteiger partial charge is 0.381 e. The summed E-state index contributed by atoms with van der Waals surface area (Å²) in [6.07, 6.45) is 1.96. The average Bonchev–Trinajstić information content (AvgIpc) is 2.90. The molecule has 0 bridgehead atoms. The van der Waals surface area contributed by atoms with Crippen LogP contribution in [0.2, 0.25) is 0 Å². The number of ether oxygens (including phenoxy) is 1. The van der Waals surface area contributed by atoms with Gasteiger partial charge in [0, 0.05) is 36.8 Å². The zero-order chi connectivity index (χ0) is 14.8. The van der Waals surface area contributed by atoms with Gasteiger partial charge in [0.1, 0.15) is 0 Å². The molecule has 2 heterocycles. The van der Waals surface area contributed by atoms with Gasteiger partial charge in [0.2, 0.25) is 0 Å². The Labute approximate surface area is 134 Å². The van der Waals surface area contributed by atoms with Gasteiger partial charge in [-0.2, -0.15) is 0 Å². The van der Waals surface area contributed by atoms with Crippen LogP contribution in [0, 0.1) is 10.1 Å². The van der Waals surface area contributed by atoms with Crippen LogP contribution in [0.5, 0.6) is 0 Å². The second-order valence-corrected chi connectivity index (χ2v) is 7.22. The summed E-state index contributed by atoms with van der Waals surface area (Å²) in [6.45, 7) is 1.54. The molecule has 1 aromatic heterocycles. The van der Waals surface area contributed by atoms with Crippen molar-refractivity contribution in [2.45, 2.75) is 18.8 Å². The van der Waals surface area contributed by atoms with E-state index in [2.05, 4.69) is 15.9 Å². The predicted octanol–water partition coefficient (Wildman–Crippen LogP) is 4.37. The minimum Gasteiger partial charge on any atom is -0.381 e. The van der Waals surface area contributed by atoms with Gasteiger partial charge in [0.25, 0.3) is 5.69 Å². The Kier molecular flexibility index (Phi) is 4.32. The highest BCUT2D eigenvalue weighted by molar-refractivity contribution is 9.11. The molecule has 1 aliphatic heterocycles. The van der Waals surface area contributed by atoms with Gasteiger partial charge in [-0.1, -0.05) is 12.1 Å². The lowest BCUT2D eigenvalue weighted by Crippen LogP contribution is -2.13. The van der Waals surface area contributed by atoms with Gasteiger partial charge in [-0.05, 0) is 28.8 Å². The number of nitro groups is 1. The van der Waals surface area contributed by atoms with E-state index < -0.39 is 0 Å². The normalized spacial score (nSPS) is 16.0. The second kappa shape index (κ2) is 6.21. The van der Waals surface area contributed by atoms with E-state index in [0.29, 0.717) is 5.92 Å². The molecular formula is C14H13BrN2O3S. The van der Waals surface area contributed by atoms with Crippen molar-refractivity contribution >= 4 is 33.0 Å². The van der Waals surface area contributed by atoms with E-state index >= 15 is 0 Å². The van der Waals surface area contributed by atoms with Crippen molar-refractivity contribution in [3.05, 3.63) is 43.2 Å². The topological polar surface area (TPSA) is 65.3 Å². The van der Waals surface area contributed by atoms with Gasteiger partial charge in [-0.15, -0.1) is 11.3 Å². The molecule has 1 aliphatic rings. The Morgan fingerprint density at radius 1 is 1.38 bits per heavy atom. The van der Waals surface area contributed by atoms with E-state index in [1.54, 1.807) is 23.5 Å². The summed E-state index contributed by atoms with van der Waals surface area (Å²) < 4.78 is 6.30. The average molecular weight is 369 g/mol. The van der Waals surface area contributed by atoms with Gasteiger partial charge in [0.05, 0.1) is 19.4 Å². The maximum Gasteiger partial charge on any atom is 0.270 e. The highest BCUT2D eigenvalue weighted by Gasteiger charge is 2.22. The Morgan fingerprint density at radius 2 is 2.14 bits per heavy atom. The fraction of sp³-hybridized carbons (Fsp3) is 0.357. The number of aromatic nitrogens is 1. The monoisotopic (exact) mass is 368 g/mol. The molecule has 3 rings (SSSR count). The molecule has 0 atom stereocenters. The molecule has 0 saturated carbocycles. The van der Waals surface area contributed by atoms with E-state index in [9.17, 15) is 10.1 Å². The third-order valence-electron chi connectivity index (χ3n) is 3.50. The van der Waals surface area contributed by atoms with Crippen LogP contribution in [-0.4, -0.2) is 23.1 Å². The van der Waals surface area contributed by atoms with Crippen molar-refractivity contribution < 1.29 is 9.66 Å². The lowest BCUT2D eigenvalue weighted by molar-refractivity contribution is -0.384. The molecule has 0 amide bonds. The Bertz CT molecular complexity index is 668. The Hall–Kier alpha value is -1.31. The van der Waals surface area contributed by atoms with Gasteiger partial charge < -0.3 is 4.74 Å². The summed E-state index contributed by atoms with van der Waals surface area (Å²) >= 11 is 5.15. The van der Waals surface area contributed by atoms with Crippen LogP contribution in [0.4, 0.5) is 5.69 Å². The number of halogens is 1. The van der Waals surface area contributed by atoms with Crippen molar-refractivity contribution in [2.24, 2.45) is 0 Å². The number of thiazole rings is 1. The first-order valence-corrected chi connectivity index (χ1v) is 8.25. The third-order valence-corrected chi connectivity index (χ3v) is 5.37. The molecule has 1 aromatic carbocycles. The molecule has 21 heavy (non-hydrogen) atoms. The first-order valence-electron chi connectivity index (χ1n) is 6.64. The number of nitro benzene ring substituents is 1. The maximum atomic E-state index is 10.9. The first kappa shape index (κ1) is 14.6. The van der Waals surface area contributed by atoms with Crippen LogP contribution in [-0.2, 0) is 4.74 Å². The quantitative estimate of drug-likeness (QED) is 0.595. The minimum absolute atomic E-state index is 0.0833. The lowest BCUT2D eigenvalue weighted by atomic mass is 10.0. The summed E-state index contributed by atoms with van der Waals surface area (Å²) in [5.41, 5.74) is 1.64. The Balaban J connectivity index is 1.93. The Morgan fingerprint density at radius 3 is 2.86 bits per heavy atom. The van der Waals surface area contributed by atoms with Crippen LogP contribution in [0.1, 0.15) is 23.8 Å². The van der Waals surface area contributed by atoms with Crippen molar-refractivity contribution in [1.82, 2.24) is 4.98 Å². The van der Waals surface area contributed by atoms with E-state index in [4.69, 9.17) is 9.72 Å². The number of rotatable bonds is 3. The molecule has 0 spiro atoms. The molecule has 0 aliphatic carbocycles. The first-order chi connectivity index (χ1) is 10.1. The van der Waals surface area contributed by atoms with Crippen LogP contribution < -0.4 is 0 Å². The number of benzene rings is 1. The lowest BCUT2D eigenvalue weighted by Gasteiger charge is -2.19. The number of nitrogens with zero attached hydrogens (tertiary/aromatic N) is 2. The molecule has 5 nitrogen and oxygen atoms in total. The molecule has 7 heteroatoms. The van der Waals surface area contributed by atoms with Crippen LogP contribution >= 0.6 is 27.3 Å². The zero-order valence-electron chi connectivity index (χ0n) is 11.1. The summed E-state index contributed by atoms with van der Waals surface area (Å²) in [4.78, 5) is 15.2. The molecule has 1 saturated heterocycles. The second-order valence-electron chi connectivity index (χ2n) is 4.87. The maximum absolute atomic E-state index is 10.9. The van der Waals surface area contributed by atoms with E-state index in [-0.39, 0.29) is 10.6 Å². The number of hydrogen-bond acceptors (Lipinski definition) is 5. The summed E-state index contributed by atoms with van der Waals surface area (Å²) in [5, 5.41) is 12.0. The fourth-order valence-corrected chi connectivity index (χ4v) is 4.18. The van der Waals surface area contributed by atoms with E-state index in [1.165, 1.54) is 6.07 Å². The molecule has 0 radical (unpaired) electrons. The van der Waals surface area contributed by atoms with Crippen molar-refractivity contribution in [2.75, 3.05) is 13.2 Å².